The second-order valence-electron chi connectivity index (χ2n) is 0. The Bertz CT molecular complexity index is 11.6. The van der Waals surface area contributed by atoms with Crippen molar-refractivity contribution in [3.63, 3.8) is 0 Å². The van der Waals surface area contributed by atoms with E-state index in [4.69, 9.17) is 0 Å². The van der Waals surface area contributed by atoms with Crippen molar-refractivity contribution in [3.8, 4) is 0 Å². The maximum Gasteiger partial charge on any atom is 0.00452 e. The third-order valence-electron chi connectivity index (χ3n) is 0. The van der Waals surface area contributed by atoms with Gasteiger partial charge in [-0.1, -0.05) is 6.55 Å². The van der Waals surface area contributed by atoms with Gasteiger partial charge in [0.2, 0.25) is 0 Å². The van der Waals surface area contributed by atoms with E-state index in [1.54, 1.807) is 0 Å². The molecule has 0 heterocycles. The average Bonchev–Trinajstić information content (AvgIpc) is 1.00. The minimum absolute atomic E-state index is 0. The first-order valence-electron chi connectivity index (χ1n) is 0.707. The van der Waals surface area contributed by atoms with E-state index in [9.17, 15) is 0 Å². The summed E-state index contributed by atoms with van der Waals surface area (Å²) in [7, 11) is 1.86. The van der Waals surface area contributed by atoms with Gasteiger partial charge in [0, 0.05) is 65.7 Å². The molecule has 0 aliphatic carbocycles. The quantitative estimate of drug-likeness (QED) is 0.514. The molecule has 0 aromatic rings. The molecule has 32 valence electrons. The fraction of sp³-hybridized carbons (Fsp3) is 1.00. The molecule has 0 atom stereocenters. The predicted molar refractivity (Wildman–Crippen MR) is 14.4 cm³/mol. The van der Waals surface area contributed by atoms with Crippen molar-refractivity contribution in [2.45, 2.75) is 6.55 Å². The van der Waals surface area contributed by atoms with Crippen LogP contribution in [0, 0.1) is 0 Å². The molecular weight excluding hydrogens is 243 g/mol. The van der Waals surface area contributed by atoms with Crippen molar-refractivity contribution in [3.05, 3.63) is 0 Å². The first kappa shape index (κ1) is 28.2. The predicted octanol–water partition coefficient (Wildman–Crippen LogP) is -0.340. The van der Waals surface area contributed by atoms with Gasteiger partial charge in [0.05, 0.1) is 0 Å². The van der Waals surface area contributed by atoms with Crippen LogP contribution in [0.15, 0.2) is 0 Å². The molecule has 4 heteroatoms. The van der Waals surface area contributed by atoms with Crippen LogP contribution in [0.1, 0.15) is 0 Å². The number of rotatable bonds is 0. The van der Waals surface area contributed by atoms with Crippen molar-refractivity contribution in [1.29, 1.82) is 0 Å². The van der Waals surface area contributed by atoms with Crippen LogP contribution < -0.4 is 0 Å². The second kappa shape index (κ2) is 38.2. The largest absolute Gasteiger partial charge is 0.0771 e. The Balaban J connectivity index is -0.00000000167. The Morgan fingerprint density at radius 2 is 1.20 bits per heavy atom. The first-order chi connectivity index (χ1) is 1.00. The molecule has 0 aliphatic rings. The van der Waals surface area contributed by atoms with Crippen LogP contribution >= 0.6 is 0 Å². The van der Waals surface area contributed by atoms with Crippen LogP contribution in [-0.4, -0.2) is 10.2 Å². The molecule has 0 nitrogen and oxygen atoms in total. The molecule has 0 unspecified atom stereocenters. The minimum atomic E-state index is 0. The molecule has 0 aromatic heterocycles. The summed E-state index contributed by atoms with van der Waals surface area (Å²) in [6.07, 6.45) is 0. The molecule has 0 aliphatic heterocycles. The first-order valence-corrected chi connectivity index (χ1v) is 2.12. The summed E-state index contributed by atoms with van der Waals surface area (Å²) >= 11 is 0. The van der Waals surface area contributed by atoms with E-state index >= 15 is 0 Å². The third-order valence-corrected chi connectivity index (χ3v) is 0. The zero-order chi connectivity index (χ0) is 2.00. The normalized spacial score (nSPS) is 1.20. The van der Waals surface area contributed by atoms with Crippen molar-refractivity contribution in [1.82, 2.24) is 0 Å². The molecule has 0 saturated heterocycles. The van der Waals surface area contributed by atoms with E-state index in [0.29, 0.717) is 0 Å². The van der Waals surface area contributed by atoms with E-state index in [1.165, 1.54) is 0 Å². The van der Waals surface area contributed by atoms with Gasteiger partial charge >= 0.3 is 0 Å². The Morgan fingerprint density at radius 3 is 1.20 bits per heavy atom. The van der Waals surface area contributed by atoms with Gasteiger partial charge in [-0.15, -0.1) is 0 Å². The molecule has 2 radical (unpaired) electrons. The van der Waals surface area contributed by atoms with Crippen LogP contribution in [-0.2, 0) is 55.5 Å². The van der Waals surface area contributed by atoms with Gasteiger partial charge in [0.1, 0.15) is 0 Å². The maximum absolute atomic E-state index is 2.03. The van der Waals surface area contributed by atoms with Crippen LogP contribution in [0.5, 0.6) is 0 Å². The summed E-state index contributed by atoms with van der Waals surface area (Å²) in [6, 6.07) is 0. The zero-order valence-corrected chi connectivity index (χ0v) is 8.78. The molecule has 0 spiro atoms. The summed E-state index contributed by atoms with van der Waals surface area (Å²) in [5, 5.41) is 0. The van der Waals surface area contributed by atoms with Gasteiger partial charge in [-0.25, -0.2) is 0 Å². The van der Waals surface area contributed by atoms with Crippen LogP contribution in [0.3, 0.4) is 0 Å². The molecule has 0 amide bonds. The van der Waals surface area contributed by atoms with Crippen molar-refractivity contribution >= 4 is 10.2 Å². The average molecular weight is 248 g/mol. The van der Waals surface area contributed by atoms with Gasteiger partial charge in [-0.05, 0) is 0 Å². The summed E-state index contributed by atoms with van der Waals surface area (Å²) in [5.41, 5.74) is 0. The van der Waals surface area contributed by atoms with Gasteiger partial charge in [0.25, 0.3) is 0 Å². The Hall–Kier alpha value is 1.96. The van der Waals surface area contributed by atoms with E-state index in [0.717, 1.165) is 0 Å². The molecule has 0 fully saturated rings. The van der Waals surface area contributed by atoms with E-state index < -0.39 is 0 Å². The molecule has 0 aromatic carbocycles. The van der Waals surface area contributed by atoms with Gasteiger partial charge in [-0.2, -0.15) is 0 Å². The number of hydrogen-bond donors (Lipinski definition) is 0. The van der Waals surface area contributed by atoms with E-state index in [-0.39, 0.29) is 55.5 Å². The van der Waals surface area contributed by atoms with Crippen molar-refractivity contribution in [2.24, 2.45) is 0 Å². The summed E-state index contributed by atoms with van der Waals surface area (Å²) in [6.45, 7) is 2.03. The van der Waals surface area contributed by atoms with Gasteiger partial charge in [0.15, 0.2) is 0 Å². The minimum Gasteiger partial charge on any atom is -0.0771 e. The topological polar surface area (TPSA) is 0 Å². The third kappa shape index (κ3) is 24.4. The van der Waals surface area contributed by atoms with Crippen LogP contribution in [0.25, 0.3) is 0 Å². The van der Waals surface area contributed by atoms with Gasteiger partial charge in [-0.3, -0.25) is 0 Å². The Kier molecular flexibility index (Phi) is 216. The van der Waals surface area contributed by atoms with Crippen LogP contribution in [0.4, 0.5) is 0 Å². The SMILES string of the molecule is C[SiH2].[Cr].[Mn].[Mo]. The van der Waals surface area contributed by atoms with E-state index in [1.807, 2.05) is 16.8 Å². The zero-order valence-electron chi connectivity index (χ0n) is 2.90. The smallest absolute Gasteiger partial charge is 0.00452 e. The molecule has 0 saturated carbocycles. The van der Waals surface area contributed by atoms with Crippen molar-refractivity contribution in [2.75, 3.05) is 0 Å². The monoisotopic (exact) mass is 250 g/mol. The Labute approximate surface area is 71.8 Å². The molecule has 0 bridgehead atoms. The second-order valence-corrected chi connectivity index (χ2v) is 0. The van der Waals surface area contributed by atoms with Gasteiger partial charge < -0.3 is 0 Å². The fourth-order valence-corrected chi connectivity index (χ4v) is 0. The van der Waals surface area contributed by atoms with Crippen molar-refractivity contribution < 1.29 is 55.5 Å². The standard InChI is InChI=1S/CH5Si.Cr.Mn.Mo/c1-2;;;/h2H2,1H3;;;. The summed E-state index contributed by atoms with van der Waals surface area (Å²) in [4.78, 5) is 0. The Morgan fingerprint density at radius 1 is 1.20 bits per heavy atom. The molecular formula is CH5CrMnMoSi. The summed E-state index contributed by atoms with van der Waals surface area (Å²) in [5.74, 6) is 0. The molecule has 0 rings (SSSR count). The molecule has 5 heavy (non-hydrogen) atoms. The maximum atomic E-state index is 2.03. The van der Waals surface area contributed by atoms with E-state index in [2.05, 4.69) is 0 Å². The fourth-order valence-electron chi connectivity index (χ4n) is 0. The summed E-state index contributed by atoms with van der Waals surface area (Å²) < 4.78 is 0. The van der Waals surface area contributed by atoms with Crippen LogP contribution in [0.2, 0.25) is 6.55 Å². The number of hydrogen-bond acceptors (Lipinski definition) is 0. The molecule has 0 N–H and O–H groups in total.